The molecule has 0 bridgehead atoms. The minimum absolute atomic E-state index is 0.228. The van der Waals surface area contributed by atoms with E-state index in [1.54, 1.807) is 18.3 Å². The normalized spacial score (nSPS) is 11.3. The van der Waals surface area contributed by atoms with Gasteiger partial charge in [-0.1, -0.05) is 53.5 Å². The average Bonchev–Trinajstić information content (AvgIpc) is 3.20. The van der Waals surface area contributed by atoms with E-state index < -0.39 is 0 Å². The van der Waals surface area contributed by atoms with Crippen LogP contribution in [0.3, 0.4) is 0 Å². The van der Waals surface area contributed by atoms with Gasteiger partial charge in [-0.3, -0.25) is 4.79 Å². The first kappa shape index (κ1) is 21.4. The van der Waals surface area contributed by atoms with Crippen molar-refractivity contribution in [2.24, 2.45) is 0 Å². The van der Waals surface area contributed by atoms with Gasteiger partial charge >= 0.3 is 0 Å². The highest BCUT2D eigenvalue weighted by atomic mass is 35.5. The van der Waals surface area contributed by atoms with Crippen LogP contribution in [0.5, 0.6) is 11.5 Å². The Labute approximate surface area is 199 Å². The number of aromatic nitrogens is 3. The number of hydrogen-bond acceptors (Lipinski definition) is 4. The molecular formula is C25H19Cl2N3O3. The van der Waals surface area contributed by atoms with Crippen molar-refractivity contribution in [1.82, 2.24) is 15.0 Å². The Bertz CT molecular complexity index is 1560. The smallest absolute Gasteiger partial charge is 0.256 e. The van der Waals surface area contributed by atoms with Crippen molar-refractivity contribution in [3.8, 4) is 22.6 Å². The van der Waals surface area contributed by atoms with Gasteiger partial charge in [0.15, 0.2) is 0 Å². The van der Waals surface area contributed by atoms with Crippen LogP contribution in [0.25, 0.3) is 33.1 Å². The van der Waals surface area contributed by atoms with Gasteiger partial charge in [-0.25, -0.2) is 4.98 Å². The Kier molecular flexibility index (Phi) is 5.48. The van der Waals surface area contributed by atoms with E-state index in [9.17, 15) is 4.79 Å². The highest BCUT2D eigenvalue weighted by molar-refractivity contribution is 6.41. The molecule has 5 rings (SSSR count). The zero-order valence-corrected chi connectivity index (χ0v) is 19.3. The molecule has 0 aliphatic rings. The molecule has 8 heteroatoms. The fourth-order valence-corrected chi connectivity index (χ4v) is 4.55. The number of aryl methyl sites for hydroxylation is 1. The van der Waals surface area contributed by atoms with Gasteiger partial charge < -0.3 is 19.4 Å². The Morgan fingerprint density at radius 3 is 2.52 bits per heavy atom. The second-order valence-corrected chi connectivity index (χ2v) is 8.43. The molecule has 0 saturated carbocycles. The molecule has 0 fully saturated rings. The lowest BCUT2D eigenvalue weighted by Crippen LogP contribution is -2.10. The van der Waals surface area contributed by atoms with Gasteiger partial charge in [0.2, 0.25) is 0 Å². The molecule has 2 N–H and O–H groups in total. The molecule has 3 heterocycles. The predicted molar refractivity (Wildman–Crippen MR) is 132 cm³/mol. The number of ether oxygens (including phenoxy) is 2. The van der Waals surface area contributed by atoms with Crippen molar-refractivity contribution >= 4 is 45.1 Å². The van der Waals surface area contributed by atoms with E-state index in [1.165, 1.54) is 7.11 Å². The molecule has 0 unspecified atom stereocenters. The van der Waals surface area contributed by atoms with Gasteiger partial charge in [0.05, 0.1) is 28.2 Å². The third kappa shape index (κ3) is 3.81. The minimum atomic E-state index is -0.333. The van der Waals surface area contributed by atoms with Gasteiger partial charge in [-0.15, -0.1) is 0 Å². The van der Waals surface area contributed by atoms with Gasteiger partial charge in [0.1, 0.15) is 23.8 Å². The van der Waals surface area contributed by atoms with Crippen LogP contribution in [0.4, 0.5) is 0 Å². The van der Waals surface area contributed by atoms with Crippen LogP contribution in [0.1, 0.15) is 11.3 Å². The van der Waals surface area contributed by atoms with Crippen molar-refractivity contribution in [2.45, 2.75) is 13.5 Å². The van der Waals surface area contributed by atoms with Gasteiger partial charge in [-0.2, -0.15) is 0 Å². The summed E-state index contributed by atoms with van der Waals surface area (Å²) >= 11 is 13.3. The Morgan fingerprint density at radius 1 is 1.00 bits per heavy atom. The number of benzene rings is 2. The third-order valence-corrected chi connectivity index (χ3v) is 6.22. The lowest BCUT2D eigenvalue weighted by Gasteiger charge is -2.16. The molecule has 0 aliphatic heterocycles. The van der Waals surface area contributed by atoms with Gasteiger partial charge in [0.25, 0.3) is 5.56 Å². The molecule has 0 amide bonds. The van der Waals surface area contributed by atoms with E-state index in [2.05, 4.69) is 15.0 Å². The maximum Gasteiger partial charge on any atom is 0.256 e. The second-order valence-electron chi connectivity index (χ2n) is 7.67. The number of aromatic amines is 2. The summed E-state index contributed by atoms with van der Waals surface area (Å²) in [5, 5.41) is 2.04. The van der Waals surface area contributed by atoms with Crippen LogP contribution >= 0.6 is 23.2 Å². The van der Waals surface area contributed by atoms with E-state index in [1.807, 2.05) is 43.3 Å². The predicted octanol–water partition coefficient (Wildman–Crippen LogP) is 6.27. The van der Waals surface area contributed by atoms with Crippen molar-refractivity contribution in [2.75, 3.05) is 7.11 Å². The first-order valence-electron chi connectivity index (χ1n) is 10.2. The first-order valence-corrected chi connectivity index (χ1v) is 11.0. The Balaban J connectivity index is 1.66. The summed E-state index contributed by atoms with van der Waals surface area (Å²) < 4.78 is 11.4. The molecule has 0 saturated heterocycles. The molecule has 5 aromatic rings. The summed E-state index contributed by atoms with van der Waals surface area (Å²) in [6.45, 7) is 2.24. The van der Waals surface area contributed by atoms with E-state index in [-0.39, 0.29) is 15.6 Å². The average molecular weight is 480 g/mol. The summed E-state index contributed by atoms with van der Waals surface area (Å²) in [7, 11) is 1.50. The number of pyridine rings is 2. The molecular weight excluding hydrogens is 461 g/mol. The maximum atomic E-state index is 13.2. The number of nitrogens with zero attached hydrogens (tertiary/aromatic N) is 1. The van der Waals surface area contributed by atoms with E-state index in [0.717, 1.165) is 22.0 Å². The lowest BCUT2D eigenvalue weighted by molar-refractivity contribution is 0.304. The standard InChI is InChI=1S/C25H19Cl2N3O3/c1-13-8-17-23-15(11-28-24(17)29-13)9-16(25(31)30-23)20-21(26)18(32-2)10-19(22(20)27)33-12-14-6-4-3-5-7-14/h3-11H,12H2,1-2H3,(H,28,29)(H,30,31). The molecule has 166 valence electrons. The van der Waals surface area contributed by atoms with E-state index >= 15 is 0 Å². The fourth-order valence-electron chi connectivity index (χ4n) is 3.87. The summed E-state index contributed by atoms with van der Waals surface area (Å²) in [5.74, 6) is 0.722. The molecule has 3 aromatic heterocycles. The topological polar surface area (TPSA) is 80.0 Å². The van der Waals surface area contributed by atoms with E-state index in [4.69, 9.17) is 32.7 Å². The number of fused-ring (bicyclic) bond motifs is 3. The fraction of sp³-hybridized carbons (Fsp3) is 0.120. The number of hydrogen-bond donors (Lipinski definition) is 2. The molecule has 33 heavy (non-hydrogen) atoms. The quantitative estimate of drug-likeness (QED) is 0.311. The van der Waals surface area contributed by atoms with Crippen LogP contribution in [-0.4, -0.2) is 22.1 Å². The number of rotatable bonds is 5. The summed E-state index contributed by atoms with van der Waals surface area (Å²) in [6, 6.07) is 15.0. The molecule has 2 aromatic carbocycles. The summed E-state index contributed by atoms with van der Waals surface area (Å²) in [6.07, 6.45) is 1.70. The molecule has 0 aliphatic carbocycles. The summed E-state index contributed by atoms with van der Waals surface area (Å²) in [4.78, 5) is 23.8. The molecule has 0 atom stereocenters. The number of methoxy groups -OCH3 is 1. The van der Waals surface area contributed by atoms with Crippen molar-refractivity contribution in [3.63, 3.8) is 0 Å². The lowest BCUT2D eigenvalue weighted by atomic mass is 10.0. The second kappa shape index (κ2) is 8.46. The zero-order chi connectivity index (χ0) is 23.1. The van der Waals surface area contributed by atoms with Crippen molar-refractivity contribution in [3.05, 3.63) is 86.4 Å². The molecule has 6 nitrogen and oxygen atoms in total. The number of halogens is 2. The van der Waals surface area contributed by atoms with Crippen molar-refractivity contribution in [1.29, 1.82) is 0 Å². The first-order chi connectivity index (χ1) is 16.0. The zero-order valence-electron chi connectivity index (χ0n) is 17.8. The van der Waals surface area contributed by atoms with Crippen LogP contribution in [-0.2, 0) is 6.61 Å². The summed E-state index contributed by atoms with van der Waals surface area (Å²) in [5.41, 5.74) is 3.63. The Morgan fingerprint density at radius 2 is 1.76 bits per heavy atom. The van der Waals surface area contributed by atoms with Crippen LogP contribution in [0.2, 0.25) is 10.0 Å². The van der Waals surface area contributed by atoms with E-state index in [0.29, 0.717) is 40.4 Å². The Hall–Kier alpha value is -3.48. The highest BCUT2D eigenvalue weighted by Gasteiger charge is 2.22. The van der Waals surface area contributed by atoms with Crippen LogP contribution in [0, 0.1) is 6.92 Å². The monoisotopic (exact) mass is 479 g/mol. The number of H-pyrrole nitrogens is 2. The van der Waals surface area contributed by atoms with Gasteiger partial charge in [0, 0.05) is 34.3 Å². The number of nitrogens with one attached hydrogen (secondary N) is 2. The van der Waals surface area contributed by atoms with Crippen LogP contribution in [0.15, 0.2) is 59.5 Å². The minimum Gasteiger partial charge on any atom is -0.495 e. The largest absolute Gasteiger partial charge is 0.495 e. The third-order valence-electron chi connectivity index (χ3n) is 5.47. The highest BCUT2D eigenvalue weighted by Crippen LogP contribution is 2.45. The van der Waals surface area contributed by atoms with Gasteiger partial charge in [-0.05, 0) is 24.6 Å². The van der Waals surface area contributed by atoms with Crippen LogP contribution < -0.4 is 15.0 Å². The maximum absolute atomic E-state index is 13.2. The SMILES string of the molecule is COc1cc(OCc2ccccc2)c(Cl)c(-c2cc3cnc4[nH]c(C)cc4c3[nH]c2=O)c1Cl. The molecule has 0 spiro atoms. The van der Waals surface area contributed by atoms with Crippen molar-refractivity contribution < 1.29 is 9.47 Å². The molecule has 0 radical (unpaired) electrons.